The van der Waals surface area contributed by atoms with E-state index in [4.69, 9.17) is 4.99 Å². The molecule has 0 aromatic carbocycles. The van der Waals surface area contributed by atoms with Gasteiger partial charge in [0.25, 0.3) is 0 Å². The normalized spacial score (nSPS) is 32.7. The van der Waals surface area contributed by atoms with Gasteiger partial charge >= 0.3 is 0 Å². The predicted molar refractivity (Wildman–Crippen MR) is 109 cm³/mol. The van der Waals surface area contributed by atoms with Crippen LogP contribution in [0.4, 0.5) is 0 Å². The van der Waals surface area contributed by atoms with Crippen molar-refractivity contribution in [2.75, 3.05) is 39.3 Å². The Morgan fingerprint density at radius 2 is 1.78 bits per heavy atom. The minimum Gasteiger partial charge on any atom is -0.357 e. The lowest BCUT2D eigenvalue weighted by molar-refractivity contribution is 0.208. The van der Waals surface area contributed by atoms with Crippen molar-refractivity contribution in [1.29, 1.82) is 0 Å². The number of nitrogens with one attached hydrogen (secondary N) is 1. The molecule has 2 aliphatic heterocycles. The quantitative estimate of drug-likeness (QED) is 0.419. The smallest absolute Gasteiger partial charge is 0.193 e. The highest BCUT2D eigenvalue weighted by Gasteiger charge is 2.34. The average Bonchev–Trinajstić information content (AvgIpc) is 3.22. The summed E-state index contributed by atoms with van der Waals surface area (Å²) in [7, 11) is 0. The lowest BCUT2D eigenvalue weighted by Gasteiger charge is -2.37. The van der Waals surface area contributed by atoms with E-state index in [-0.39, 0.29) is 24.0 Å². The summed E-state index contributed by atoms with van der Waals surface area (Å²) in [5, 5.41) is 3.53. The van der Waals surface area contributed by atoms with Gasteiger partial charge in [-0.15, -0.1) is 24.0 Å². The second-order valence-corrected chi connectivity index (χ2v) is 7.93. The van der Waals surface area contributed by atoms with Crippen molar-refractivity contribution >= 4 is 29.9 Å². The topological polar surface area (TPSA) is 30.9 Å². The van der Waals surface area contributed by atoms with E-state index >= 15 is 0 Å². The highest BCUT2D eigenvalue weighted by atomic mass is 127. The standard InChI is InChI=1S/C18H34N4.HI/c1-4-19-18(22-11-14(2)9-15(3)12-22)20-10-16-7-8-21(13-16)17-5-6-17;/h14-17H,4-13H2,1-3H3,(H,19,20);1H. The third-order valence-corrected chi connectivity index (χ3v) is 5.38. The molecular weight excluding hydrogens is 399 g/mol. The van der Waals surface area contributed by atoms with Crippen molar-refractivity contribution < 1.29 is 0 Å². The summed E-state index contributed by atoms with van der Waals surface area (Å²) in [4.78, 5) is 10.2. The fraction of sp³-hybridized carbons (Fsp3) is 0.944. The molecule has 1 saturated carbocycles. The van der Waals surface area contributed by atoms with Crippen LogP contribution in [0.15, 0.2) is 4.99 Å². The molecule has 0 radical (unpaired) electrons. The van der Waals surface area contributed by atoms with Crippen molar-refractivity contribution in [3.63, 3.8) is 0 Å². The molecule has 0 spiro atoms. The Balaban J connectivity index is 0.00000192. The molecule has 1 aliphatic carbocycles. The molecule has 3 atom stereocenters. The van der Waals surface area contributed by atoms with Crippen LogP contribution >= 0.6 is 24.0 Å². The summed E-state index contributed by atoms with van der Waals surface area (Å²) in [6.07, 6.45) is 5.56. The summed E-state index contributed by atoms with van der Waals surface area (Å²) in [6, 6.07) is 0.922. The number of hydrogen-bond acceptors (Lipinski definition) is 2. The van der Waals surface area contributed by atoms with E-state index in [2.05, 4.69) is 35.9 Å². The van der Waals surface area contributed by atoms with Crippen molar-refractivity contribution in [2.45, 2.75) is 52.5 Å². The largest absolute Gasteiger partial charge is 0.357 e. The molecule has 2 heterocycles. The molecule has 0 aromatic rings. The predicted octanol–water partition coefficient (Wildman–Crippen LogP) is 3.03. The zero-order valence-corrected chi connectivity index (χ0v) is 17.5. The number of nitrogens with zero attached hydrogens (tertiary/aromatic N) is 3. The molecule has 23 heavy (non-hydrogen) atoms. The summed E-state index contributed by atoms with van der Waals surface area (Å²) in [5.74, 6) is 3.49. The summed E-state index contributed by atoms with van der Waals surface area (Å²) < 4.78 is 0. The molecule has 0 aromatic heterocycles. The van der Waals surface area contributed by atoms with Crippen molar-refractivity contribution in [1.82, 2.24) is 15.1 Å². The Kier molecular flexibility index (Phi) is 7.45. The fourth-order valence-corrected chi connectivity index (χ4v) is 4.26. The van der Waals surface area contributed by atoms with Crippen LogP contribution < -0.4 is 5.32 Å². The Morgan fingerprint density at radius 3 is 2.39 bits per heavy atom. The third kappa shape index (κ3) is 5.48. The fourth-order valence-electron chi connectivity index (χ4n) is 4.26. The van der Waals surface area contributed by atoms with E-state index in [9.17, 15) is 0 Å². The van der Waals surface area contributed by atoms with Gasteiger partial charge < -0.3 is 15.1 Å². The first kappa shape index (κ1) is 19.3. The van der Waals surface area contributed by atoms with Crippen LogP contribution in [0, 0.1) is 17.8 Å². The third-order valence-electron chi connectivity index (χ3n) is 5.38. The van der Waals surface area contributed by atoms with Crippen LogP contribution in [0.3, 0.4) is 0 Å². The average molecular weight is 434 g/mol. The molecule has 3 fully saturated rings. The van der Waals surface area contributed by atoms with Gasteiger partial charge in [-0.25, -0.2) is 0 Å². The van der Waals surface area contributed by atoms with Gasteiger partial charge in [0.05, 0.1) is 0 Å². The van der Waals surface area contributed by atoms with Gasteiger partial charge in [0, 0.05) is 38.8 Å². The monoisotopic (exact) mass is 434 g/mol. The second-order valence-electron chi connectivity index (χ2n) is 7.93. The number of halogens is 1. The molecule has 134 valence electrons. The van der Waals surface area contributed by atoms with Gasteiger partial charge in [-0.1, -0.05) is 13.8 Å². The van der Waals surface area contributed by atoms with Crippen LogP contribution in [-0.4, -0.2) is 61.1 Å². The molecule has 0 bridgehead atoms. The highest BCUT2D eigenvalue weighted by molar-refractivity contribution is 14.0. The lowest BCUT2D eigenvalue weighted by Crippen LogP contribution is -2.48. The van der Waals surface area contributed by atoms with E-state index < -0.39 is 0 Å². The number of aliphatic imine (C=N–C) groups is 1. The summed E-state index contributed by atoms with van der Waals surface area (Å²) >= 11 is 0. The van der Waals surface area contributed by atoms with E-state index in [1.807, 2.05) is 0 Å². The first-order valence-corrected chi connectivity index (χ1v) is 9.43. The van der Waals surface area contributed by atoms with E-state index in [1.54, 1.807) is 0 Å². The first-order valence-electron chi connectivity index (χ1n) is 9.43. The van der Waals surface area contributed by atoms with Crippen LogP contribution in [0.2, 0.25) is 0 Å². The summed E-state index contributed by atoms with van der Waals surface area (Å²) in [5.41, 5.74) is 0. The molecule has 4 nitrogen and oxygen atoms in total. The van der Waals surface area contributed by atoms with Gasteiger partial charge in [0.2, 0.25) is 0 Å². The zero-order chi connectivity index (χ0) is 15.5. The minimum atomic E-state index is 0. The number of likely N-dealkylation sites (tertiary alicyclic amines) is 2. The Morgan fingerprint density at radius 1 is 1.09 bits per heavy atom. The second kappa shape index (κ2) is 8.88. The van der Waals surface area contributed by atoms with Gasteiger partial charge in [-0.2, -0.15) is 0 Å². The maximum Gasteiger partial charge on any atom is 0.193 e. The molecule has 3 aliphatic rings. The van der Waals surface area contributed by atoms with Crippen LogP contribution in [0.25, 0.3) is 0 Å². The Hall–Kier alpha value is -0.0400. The molecule has 2 saturated heterocycles. The SMILES string of the molecule is CCNC(=NCC1CCN(C2CC2)C1)N1CC(C)CC(C)C1.I. The van der Waals surface area contributed by atoms with Gasteiger partial charge in [0.15, 0.2) is 5.96 Å². The van der Waals surface area contributed by atoms with Gasteiger partial charge in [0.1, 0.15) is 0 Å². The van der Waals surface area contributed by atoms with Crippen LogP contribution in [0.5, 0.6) is 0 Å². The number of rotatable bonds is 4. The molecule has 3 unspecified atom stereocenters. The number of guanidine groups is 1. The van der Waals surface area contributed by atoms with Crippen LogP contribution in [-0.2, 0) is 0 Å². The minimum absolute atomic E-state index is 0. The highest BCUT2D eigenvalue weighted by Crippen LogP contribution is 2.31. The van der Waals surface area contributed by atoms with Crippen molar-refractivity contribution in [3.8, 4) is 0 Å². The van der Waals surface area contributed by atoms with E-state index in [1.165, 1.54) is 38.8 Å². The van der Waals surface area contributed by atoms with Crippen molar-refractivity contribution in [3.05, 3.63) is 0 Å². The Labute approximate surface area is 159 Å². The van der Waals surface area contributed by atoms with Crippen molar-refractivity contribution in [2.24, 2.45) is 22.7 Å². The molecular formula is C18H35IN4. The Bertz CT molecular complexity index is 386. The summed E-state index contributed by atoms with van der Waals surface area (Å²) in [6.45, 7) is 13.8. The van der Waals surface area contributed by atoms with Crippen LogP contribution in [0.1, 0.15) is 46.5 Å². The van der Waals surface area contributed by atoms with Gasteiger partial charge in [-0.05, 0) is 56.9 Å². The molecule has 5 heteroatoms. The molecule has 3 rings (SSSR count). The van der Waals surface area contributed by atoms with Gasteiger partial charge in [-0.3, -0.25) is 4.99 Å². The first-order chi connectivity index (χ1) is 10.7. The number of piperidine rings is 1. The van der Waals surface area contributed by atoms with E-state index in [0.717, 1.165) is 55.9 Å². The number of hydrogen-bond donors (Lipinski definition) is 1. The maximum atomic E-state index is 5.01. The molecule has 1 N–H and O–H groups in total. The van der Waals surface area contributed by atoms with E-state index in [0.29, 0.717) is 0 Å². The maximum absolute atomic E-state index is 5.01. The molecule has 0 amide bonds. The zero-order valence-electron chi connectivity index (χ0n) is 15.1. The lowest BCUT2D eigenvalue weighted by atomic mass is 9.92.